The predicted octanol–water partition coefficient (Wildman–Crippen LogP) is 4.25. The summed E-state index contributed by atoms with van der Waals surface area (Å²) in [5, 5.41) is 3.58. The van der Waals surface area contributed by atoms with Gasteiger partial charge in [-0.15, -0.1) is 6.58 Å². The van der Waals surface area contributed by atoms with E-state index in [9.17, 15) is 0 Å². The Morgan fingerprint density at radius 2 is 1.88 bits per heavy atom. The monoisotopic (exact) mass is 231 g/mol. The van der Waals surface area contributed by atoms with E-state index in [1.165, 1.54) is 24.0 Å². The van der Waals surface area contributed by atoms with Gasteiger partial charge < -0.3 is 5.32 Å². The minimum absolute atomic E-state index is 0.403. The van der Waals surface area contributed by atoms with E-state index in [1.807, 2.05) is 6.08 Å². The number of nitrogens with one attached hydrogen (secondary N) is 1. The highest BCUT2D eigenvalue weighted by Crippen LogP contribution is 2.15. The molecule has 0 aliphatic heterocycles. The SMILES string of the molecule is C=CCC(C)NC(C)c1ccc(CCC)cc1. The van der Waals surface area contributed by atoms with Gasteiger partial charge in [0.2, 0.25) is 0 Å². The Balaban J connectivity index is 2.56. The molecule has 94 valence electrons. The lowest BCUT2D eigenvalue weighted by Gasteiger charge is -2.19. The molecule has 17 heavy (non-hydrogen) atoms. The van der Waals surface area contributed by atoms with Gasteiger partial charge in [-0.1, -0.05) is 43.7 Å². The molecule has 1 rings (SSSR count). The lowest BCUT2D eigenvalue weighted by Crippen LogP contribution is -2.28. The van der Waals surface area contributed by atoms with Crippen LogP contribution in [0, 0.1) is 0 Å². The Labute approximate surface area is 106 Å². The van der Waals surface area contributed by atoms with Gasteiger partial charge in [-0.25, -0.2) is 0 Å². The second-order valence-corrected chi connectivity index (χ2v) is 4.81. The van der Waals surface area contributed by atoms with Crippen LogP contribution in [0.15, 0.2) is 36.9 Å². The van der Waals surface area contributed by atoms with Crippen LogP contribution < -0.4 is 5.32 Å². The third-order valence-corrected chi connectivity index (χ3v) is 3.07. The molecule has 0 heterocycles. The van der Waals surface area contributed by atoms with Crippen molar-refractivity contribution in [2.75, 3.05) is 0 Å². The summed E-state index contributed by atoms with van der Waals surface area (Å²) in [6, 6.07) is 9.86. The van der Waals surface area contributed by atoms with Crippen LogP contribution in [0.1, 0.15) is 50.8 Å². The molecule has 1 nitrogen and oxygen atoms in total. The first kappa shape index (κ1) is 14.0. The van der Waals surface area contributed by atoms with Gasteiger partial charge in [-0.2, -0.15) is 0 Å². The Hall–Kier alpha value is -1.08. The van der Waals surface area contributed by atoms with E-state index in [-0.39, 0.29) is 0 Å². The second-order valence-electron chi connectivity index (χ2n) is 4.81. The molecular weight excluding hydrogens is 206 g/mol. The first-order valence-electron chi connectivity index (χ1n) is 6.63. The van der Waals surface area contributed by atoms with Crippen LogP contribution in [0.2, 0.25) is 0 Å². The molecule has 0 aromatic heterocycles. The zero-order chi connectivity index (χ0) is 12.7. The van der Waals surface area contributed by atoms with E-state index in [0.717, 1.165) is 6.42 Å². The van der Waals surface area contributed by atoms with E-state index in [0.29, 0.717) is 12.1 Å². The molecule has 0 spiro atoms. The van der Waals surface area contributed by atoms with Gasteiger partial charge in [0.15, 0.2) is 0 Å². The van der Waals surface area contributed by atoms with Crippen LogP contribution in [0.4, 0.5) is 0 Å². The molecule has 0 saturated carbocycles. The Bertz CT molecular complexity index is 326. The molecule has 0 bridgehead atoms. The summed E-state index contributed by atoms with van der Waals surface area (Å²) in [6.07, 6.45) is 5.37. The Morgan fingerprint density at radius 1 is 1.24 bits per heavy atom. The third-order valence-electron chi connectivity index (χ3n) is 3.07. The van der Waals surface area contributed by atoms with Crippen molar-refractivity contribution in [3.63, 3.8) is 0 Å². The fraction of sp³-hybridized carbons (Fsp3) is 0.500. The van der Waals surface area contributed by atoms with Crippen molar-refractivity contribution in [1.82, 2.24) is 5.32 Å². The number of aryl methyl sites for hydroxylation is 1. The van der Waals surface area contributed by atoms with Crippen molar-refractivity contribution in [2.45, 2.75) is 52.1 Å². The van der Waals surface area contributed by atoms with Crippen LogP contribution in [-0.4, -0.2) is 6.04 Å². The van der Waals surface area contributed by atoms with Crippen molar-refractivity contribution < 1.29 is 0 Å². The predicted molar refractivity (Wildman–Crippen MR) is 76.3 cm³/mol. The van der Waals surface area contributed by atoms with Crippen LogP contribution >= 0.6 is 0 Å². The van der Waals surface area contributed by atoms with Gasteiger partial charge in [-0.3, -0.25) is 0 Å². The van der Waals surface area contributed by atoms with Crippen molar-refractivity contribution in [3.05, 3.63) is 48.0 Å². The highest BCUT2D eigenvalue weighted by molar-refractivity contribution is 5.24. The van der Waals surface area contributed by atoms with Gasteiger partial charge >= 0.3 is 0 Å². The maximum absolute atomic E-state index is 3.77. The fourth-order valence-corrected chi connectivity index (χ4v) is 2.10. The van der Waals surface area contributed by atoms with Gasteiger partial charge in [0, 0.05) is 12.1 Å². The zero-order valence-electron chi connectivity index (χ0n) is 11.4. The highest BCUT2D eigenvalue weighted by atomic mass is 14.9. The van der Waals surface area contributed by atoms with Crippen LogP contribution in [0.5, 0.6) is 0 Å². The summed E-state index contributed by atoms with van der Waals surface area (Å²) < 4.78 is 0. The molecule has 2 unspecified atom stereocenters. The van der Waals surface area contributed by atoms with E-state index in [1.54, 1.807) is 0 Å². The molecule has 1 heteroatoms. The van der Waals surface area contributed by atoms with Crippen molar-refractivity contribution in [3.8, 4) is 0 Å². The van der Waals surface area contributed by atoms with Crippen molar-refractivity contribution >= 4 is 0 Å². The van der Waals surface area contributed by atoms with E-state index < -0.39 is 0 Å². The largest absolute Gasteiger partial charge is 0.307 e. The molecular formula is C16H25N. The molecule has 0 fully saturated rings. The molecule has 0 aliphatic carbocycles. The number of hydrogen-bond donors (Lipinski definition) is 1. The van der Waals surface area contributed by atoms with Crippen LogP contribution in [0.25, 0.3) is 0 Å². The lowest BCUT2D eigenvalue weighted by atomic mass is 10.0. The number of hydrogen-bond acceptors (Lipinski definition) is 1. The third kappa shape index (κ3) is 4.74. The second kappa shape index (κ2) is 7.29. The minimum Gasteiger partial charge on any atom is -0.307 e. The Morgan fingerprint density at radius 3 is 2.41 bits per heavy atom. The maximum Gasteiger partial charge on any atom is 0.0294 e. The van der Waals surface area contributed by atoms with Gasteiger partial charge in [0.1, 0.15) is 0 Å². The van der Waals surface area contributed by atoms with Crippen LogP contribution in [-0.2, 0) is 6.42 Å². The fourth-order valence-electron chi connectivity index (χ4n) is 2.10. The smallest absolute Gasteiger partial charge is 0.0294 e. The summed E-state index contributed by atoms with van der Waals surface area (Å²) in [4.78, 5) is 0. The maximum atomic E-state index is 3.77. The molecule has 0 aliphatic rings. The van der Waals surface area contributed by atoms with Crippen molar-refractivity contribution in [2.24, 2.45) is 0 Å². The summed E-state index contributed by atoms with van der Waals surface area (Å²) in [5.41, 5.74) is 2.79. The topological polar surface area (TPSA) is 12.0 Å². The lowest BCUT2D eigenvalue weighted by molar-refractivity contribution is 0.482. The Kier molecular flexibility index (Phi) is 5.99. The van der Waals surface area contributed by atoms with E-state index in [2.05, 4.69) is 56.9 Å². The van der Waals surface area contributed by atoms with Crippen molar-refractivity contribution in [1.29, 1.82) is 0 Å². The first-order valence-corrected chi connectivity index (χ1v) is 6.63. The highest BCUT2D eigenvalue weighted by Gasteiger charge is 2.07. The summed E-state index contributed by atoms with van der Waals surface area (Å²) >= 11 is 0. The van der Waals surface area contributed by atoms with E-state index in [4.69, 9.17) is 0 Å². The number of benzene rings is 1. The molecule has 2 atom stereocenters. The summed E-state index contributed by atoms with van der Waals surface area (Å²) in [5.74, 6) is 0. The summed E-state index contributed by atoms with van der Waals surface area (Å²) in [6.45, 7) is 10.4. The average Bonchev–Trinajstić information content (AvgIpc) is 2.30. The molecule has 0 amide bonds. The quantitative estimate of drug-likeness (QED) is 0.692. The minimum atomic E-state index is 0.403. The van der Waals surface area contributed by atoms with Crippen LogP contribution in [0.3, 0.4) is 0 Å². The molecule has 1 aromatic carbocycles. The standard InChI is InChI=1S/C16H25N/c1-5-7-13(3)17-14(4)16-11-9-15(8-6-2)10-12-16/h5,9-14,17H,1,6-8H2,2-4H3. The molecule has 0 saturated heterocycles. The number of rotatable bonds is 7. The molecule has 1 N–H and O–H groups in total. The van der Waals surface area contributed by atoms with E-state index >= 15 is 0 Å². The molecule has 0 radical (unpaired) electrons. The normalized spacial score (nSPS) is 14.3. The average molecular weight is 231 g/mol. The molecule has 1 aromatic rings. The first-order chi connectivity index (χ1) is 8.17. The zero-order valence-corrected chi connectivity index (χ0v) is 11.4. The van der Waals surface area contributed by atoms with Gasteiger partial charge in [-0.05, 0) is 37.8 Å². The van der Waals surface area contributed by atoms with Gasteiger partial charge in [0.25, 0.3) is 0 Å². The summed E-state index contributed by atoms with van der Waals surface area (Å²) in [7, 11) is 0. The van der Waals surface area contributed by atoms with Gasteiger partial charge in [0.05, 0.1) is 0 Å².